The van der Waals surface area contributed by atoms with Gasteiger partial charge in [-0.1, -0.05) is 13.8 Å². The number of rotatable bonds is 3. The minimum atomic E-state index is -5.08. The quantitative estimate of drug-likeness (QED) is 0.162. The molecule has 5 rings (SSSR count). The Morgan fingerprint density at radius 2 is 1.60 bits per heavy atom. The van der Waals surface area contributed by atoms with Crippen LogP contribution in [0.1, 0.15) is 25.2 Å². The fraction of sp³-hybridized carbons (Fsp3) is 0.280. The van der Waals surface area contributed by atoms with Crippen LogP contribution < -0.4 is 5.32 Å². The summed E-state index contributed by atoms with van der Waals surface area (Å²) in [7, 11) is 0. The number of halogens is 6. The molecular weight excluding hydrogens is 576 g/mol. The first kappa shape index (κ1) is 31.6. The van der Waals surface area contributed by atoms with Crippen LogP contribution in [0.5, 0.6) is 0 Å². The first-order chi connectivity index (χ1) is 19.5. The molecule has 0 fully saturated rings. The van der Waals surface area contributed by atoms with Crippen molar-refractivity contribution in [2.24, 2.45) is 5.92 Å². The van der Waals surface area contributed by atoms with E-state index in [-0.39, 0.29) is 0 Å². The Hall–Kier alpha value is -4.96. The van der Waals surface area contributed by atoms with Crippen LogP contribution in [0.15, 0.2) is 36.8 Å². The lowest BCUT2D eigenvalue weighted by molar-refractivity contribution is -0.193. The Kier molecular flexibility index (Phi) is 9.23. The second-order valence-corrected chi connectivity index (χ2v) is 9.13. The van der Waals surface area contributed by atoms with Crippen molar-refractivity contribution in [1.29, 1.82) is 0 Å². The minimum absolute atomic E-state index is 0.509. The number of aromatic nitrogens is 6. The number of hydrogen-bond acceptors (Lipinski definition) is 7. The van der Waals surface area contributed by atoms with Crippen molar-refractivity contribution in [2.45, 2.75) is 39.5 Å². The Labute approximate surface area is 233 Å². The zero-order valence-electron chi connectivity index (χ0n) is 22.0. The van der Waals surface area contributed by atoms with Crippen LogP contribution in [0.2, 0.25) is 0 Å². The Balaban J connectivity index is 0.000000289. The van der Waals surface area contributed by atoms with Crippen molar-refractivity contribution >= 4 is 23.4 Å². The molecule has 0 unspecified atom stereocenters. The first-order valence-electron chi connectivity index (χ1n) is 11.9. The molecular formula is C25H23F6N7O4. The van der Waals surface area contributed by atoms with E-state index in [1.807, 2.05) is 31.3 Å². The van der Waals surface area contributed by atoms with Crippen LogP contribution in [-0.2, 0) is 16.0 Å². The molecule has 224 valence electrons. The van der Waals surface area contributed by atoms with E-state index in [1.165, 1.54) is 0 Å². The van der Waals surface area contributed by atoms with E-state index in [0.717, 1.165) is 63.2 Å². The molecule has 17 heteroatoms. The number of imidazole rings is 1. The van der Waals surface area contributed by atoms with Gasteiger partial charge in [-0.15, -0.1) is 0 Å². The van der Waals surface area contributed by atoms with Crippen LogP contribution in [-0.4, -0.2) is 64.6 Å². The Bertz CT molecular complexity index is 1490. The van der Waals surface area contributed by atoms with Crippen molar-refractivity contribution in [3.05, 3.63) is 48.2 Å². The number of carboxylic acids is 2. The lowest BCUT2D eigenvalue weighted by Gasteiger charge is -2.08. The Morgan fingerprint density at radius 3 is 2.17 bits per heavy atom. The molecule has 0 aromatic carbocycles. The number of nitrogens with one attached hydrogen (secondary N) is 3. The standard InChI is InChI=1S/C21H21N7.2C2HF3O2/c1-11(2)9-15-17(12(3)27-28-15)21-25-18-13-6-8-22-10-16(13)24-20-14(19(18)26-21)5-4-7-23-20;2*3-2(4,5)1(6)7/h4-8,10-11H,9H2,1-3H3,(H,23,24)(H,25,26)(H,27,28);2*(H,6,7). The molecule has 0 aliphatic carbocycles. The minimum Gasteiger partial charge on any atom is -0.475 e. The smallest absolute Gasteiger partial charge is 0.475 e. The summed E-state index contributed by atoms with van der Waals surface area (Å²) >= 11 is 0. The molecule has 0 radical (unpaired) electrons. The number of aromatic amines is 2. The van der Waals surface area contributed by atoms with Crippen LogP contribution >= 0.6 is 0 Å². The lowest BCUT2D eigenvalue weighted by atomic mass is 10.0. The van der Waals surface area contributed by atoms with Crippen LogP contribution in [0, 0.1) is 12.8 Å². The van der Waals surface area contributed by atoms with E-state index >= 15 is 0 Å². The van der Waals surface area contributed by atoms with Crippen molar-refractivity contribution < 1.29 is 46.1 Å². The molecule has 5 N–H and O–H groups in total. The molecule has 0 spiro atoms. The number of fused-ring (bicyclic) bond motifs is 5. The number of carboxylic acid groups (broad SMARTS) is 2. The van der Waals surface area contributed by atoms with Crippen LogP contribution in [0.25, 0.3) is 33.9 Å². The largest absolute Gasteiger partial charge is 0.490 e. The van der Waals surface area contributed by atoms with Gasteiger partial charge >= 0.3 is 24.3 Å². The van der Waals surface area contributed by atoms with Crippen LogP contribution in [0.3, 0.4) is 0 Å². The van der Waals surface area contributed by atoms with Gasteiger partial charge in [-0.2, -0.15) is 31.4 Å². The Morgan fingerprint density at radius 1 is 0.976 bits per heavy atom. The number of carbonyl (C=O) groups is 2. The summed E-state index contributed by atoms with van der Waals surface area (Å²) in [6.07, 6.45) is -3.88. The highest BCUT2D eigenvalue weighted by atomic mass is 19.4. The SMILES string of the molecule is Cc1[nH]nc(CC(C)C)c1-c1nc2c([nH]1)-c1ccncc1Nc1ncccc1-2.O=C(O)C(F)(F)F.O=C(O)C(F)(F)F. The van der Waals surface area contributed by atoms with Crippen molar-refractivity contribution in [3.63, 3.8) is 0 Å². The van der Waals surface area contributed by atoms with Gasteiger partial charge in [0, 0.05) is 29.2 Å². The van der Waals surface area contributed by atoms with Gasteiger partial charge in [0.05, 0.1) is 28.8 Å². The molecule has 1 aliphatic heterocycles. The molecule has 4 aromatic rings. The number of H-pyrrole nitrogens is 2. The van der Waals surface area contributed by atoms with Gasteiger partial charge in [0.15, 0.2) is 0 Å². The lowest BCUT2D eigenvalue weighted by Crippen LogP contribution is -2.21. The highest BCUT2D eigenvalue weighted by molar-refractivity contribution is 5.95. The number of anilines is 2. The highest BCUT2D eigenvalue weighted by Crippen LogP contribution is 2.43. The molecule has 1 aliphatic rings. The number of aryl methyl sites for hydroxylation is 1. The first-order valence-corrected chi connectivity index (χ1v) is 11.9. The van der Waals surface area contributed by atoms with Gasteiger partial charge in [-0.3, -0.25) is 10.1 Å². The third-order valence-electron chi connectivity index (χ3n) is 5.46. The van der Waals surface area contributed by atoms with E-state index < -0.39 is 24.3 Å². The summed E-state index contributed by atoms with van der Waals surface area (Å²) in [5.41, 5.74) is 7.83. The number of pyridine rings is 2. The maximum Gasteiger partial charge on any atom is 0.490 e. The molecule has 42 heavy (non-hydrogen) atoms. The van der Waals surface area contributed by atoms with Gasteiger partial charge in [-0.05, 0) is 37.5 Å². The fourth-order valence-corrected chi connectivity index (χ4v) is 3.75. The fourth-order valence-electron chi connectivity index (χ4n) is 3.75. The van der Waals surface area contributed by atoms with E-state index in [0.29, 0.717) is 5.92 Å². The zero-order valence-corrected chi connectivity index (χ0v) is 22.0. The summed E-state index contributed by atoms with van der Waals surface area (Å²) in [5, 5.41) is 25.3. The number of alkyl halides is 6. The summed E-state index contributed by atoms with van der Waals surface area (Å²) in [4.78, 5) is 35.1. The number of hydrogen-bond donors (Lipinski definition) is 5. The van der Waals surface area contributed by atoms with Crippen molar-refractivity contribution in [1.82, 2.24) is 30.1 Å². The third-order valence-corrected chi connectivity index (χ3v) is 5.46. The molecule has 0 saturated heterocycles. The predicted molar refractivity (Wildman–Crippen MR) is 137 cm³/mol. The van der Waals surface area contributed by atoms with Gasteiger partial charge < -0.3 is 20.5 Å². The van der Waals surface area contributed by atoms with E-state index in [9.17, 15) is 26.3 Å². The van der Waals surface area contributed by atoms with Gasteiger partial charge in [0.25, 0.3) is 0 Å². The normalized spacial score (nSPS) is 11.9. The third kappa shape index (κ3) is 7.41. The molecule has 0 bridgehead atoms. The van der Waals surface area contributed by atoms with Gasteiger partial charge in [-0.25, -0.2) is 19.6 Å². The highest BCUT2D eigenvalue weighted by Gasteiger charge is 2.39. The van der Waals surface area contributed by atoms with Crippen molar-refractivity contribution in [2.75, 3.05) is 5.32 Å². The van der Waals surface area contributed by atoms with Gasteiger partial charge in [0.2, 0.25) is 0 Å². The number of nitrogens with zero attached hydrogens (tertiary/aromatic N) is 4. The average molecular weight is 599 g/mol. The van der Waals surface area contributed by atoms with Crippen molar-refractivity contribution in [3.8, 4) is 33.9 Å². The molecule has 5 heterocycles. The summed E-state index contributed by atoms with van der Waals surface area (Å²) < 4.78 is 63.5. The monoisotopic (exact) mass is 599 g/mol. The predicted octanol–water partition coefficient (Wildman–Crippen LogP) is 5.75. The molecule has 0 saturated carbocycles. The summed E-state index contributed by atoms with van der Waals surface area (Å²) in [6, 6.07) is 5.96. The molecule has 0 amide bonds. The number of aliphatic carboxylic acids is 2. The van der Waals surface area contributed by atoms with Crippen LogP contribution in [0.4, 0.5) is 37.8 Å². The van der Waals surface area contributed by atoms with Gasteiger partial charge in [0.1, 0.15) is 17.3 Å². The average Bonchev–Trinajstić information content (AvgIpc) is 3.43. The van der Waals surface area contributed by atoms with E-state index in [1.54, 1.807) is 12.4 Å². The maximum atomic E-state index is 10.6. The molecule has 11 nitrogen and oxygen atoms in total. The summed E-state index contributed by atoms with van der Waals surface area (Å²) in [6.45, 7) is 6.43. The van der Waals surface area contributed by atoms with E-state index in [4.69, 9.17) is 24.8 Å². The maximum absolute atomic E-state index is 10.6. The second kappa shape index (κ2) is 12.3. The molecule has 0 atom stereocenters. The molecule has 4 aromatic heterocycles. The zero-order chi connectivity index (χ0) is 31.4. The van der Waals surface area contributed by atoms with E-state index in [2.05, 4.69) is 44.3 Å². The topological polar surface area (TPSA) is 170 Å². The second-order valence-electron chi connectivity index (χ2n) is 9.13. The summed E-state index contributed by atoms with van der Waals surface area (Å²) in [5.74, 6) is -3.40.